The van der Waals surface area contributed by atoms with Gasteiger partial charge in [0.2, 0.25) is 5.91 Å². The molecule has 1 heterocycles. The SMILES string of the molecule is Cc1cccc(C(=O)NCC(=O)Nc2ccn[nH]2)c1. The fourth-order valence-corrected chi connectivity index (χ4v) is 1.57. The molecule has 0 unspecified atom stereocenters. The zero-order valence-electron chi connectivity index (χ0n) is 10.4. The van der Waals surface area contributed by atoms with Crippen LogP contribution in [0.2, 0.25) is 0 Å². The number of aromatic nitrogens is 2. The summed E-state index contributed by atoms with van der Waals surface area (Å²) in [4.78, 5) is 23.3. The average molecular weight is 258 g/mol. The van der Waals surface area contributed by atoms with Crippen LogP contribution in [0, 0.1) is 6.92 Å². The smallest absolute Gasteiger partial charge is 0.251 e. The highest BCUT2D eigenvalue weighted by atomic mass is 16.2. The minimum Gasteiger partial charge on any atom is -0.343 e. The summed E-state index contributed by atoms with van der Waals surface area (Å²) in [7, 11) is 0. The van der Waals surface area contributed by atoms with Crippen LogP contribution in [0.1, 0.15) is 15.9 Å². The number of aryl methyl sites for hydroxylation is 1. The number of aromatic amines is 1. The standard InChI is InChI=1S/C13H14N4O2/c1-9-3-2-4-10(7-9)13(19)14-8-12(18)16-11-5-6-15-17-11/h2-7H,8H2,1H3,(H,14,19)(H2,15,16,17,18). The third-order valence-corrected chi connectivity index (χ3v) is 2.46. The molecule has 19 heavy (non-hydrogen) atoms. The Labute approximate surface area is 110 Å². The van der Waals surface area contributed by atoms with Crippen LogP contribution < -0.4 is 10.6 Å². The third kappa shape index (κ3) is 3.67. The molecule has 0 aliphatic rings. The number of carbonyl (C=O) groups excluding carboxylic acids is 2. The summed E-state index contributed by atoms with van der Waals surface area (Å²) < 4.78 is 0. The van der Waals surface area contributed by atoms with E-state index in [0.717, 1.165) is 5.56 Å². The molecule has 2 rings (SSSR count). The first-order valence-electron chi connectivity index (χ1n) is 5.79. The maximum absolute atomic E-state index is 11.8. The summed E-state index contributed by atoms with van der Waals surface area (Å²) in [6, 6.07) is 8.80. The maximum Gasteiger partial charge on any atom is 0.251 e. The first-order valence-corrected chi connectivity index (χ1v) is 5.79. The van der Waals surface area contributed by atoms with E-state index in [4.69, 9.17) is 0 Å². The number of H-pyrrole nitrogens is 1. The predicted molar refractivity (Wildman–Crippen MR) is 70.7 cm³/mol. The number of amides is 2. The van der Waals surface area contributed by atoms with Gasteiger partial charge in [0.1, 0.15) is 5.82 Å². The minimum absolute atomic E-state index is 0.0915. The Morgan fingerprint density at radius 2 is 2.16 bits per heavy atom. The van der Waals surface area contributed by atoms with Crippen molar-refractivity contribution >= 4 is 17.6 Å². The second-order valence-electron chi connectivity index (χ2n) is 4.07. The second-order valence-corrected chi connectivity index (χ2v) is 4.07. The summed E-state index contributed by atoms with van der Waals surface area (Å²) in [5.74, 6) is -0.0940. The molecular weight excluding hydrogens is 244 g/mol. The van der Waals surface area contributed by atoms with Gasteiger partial charge in [0.25, 0.3) is 5.91 Å². The Bertz CT molecular complexity index is 578. The molecule has 0 saturated carbocycles. The molecule has 1 aromatic heterocycles. The van der Waals surface area contributed by atoms with Crippen LogP contribution in [0.5, 0.6) is 0 Å². The average Bonchev–Trinajstić information content (AvgIpc) is 2.88. The minimum atomic E-state index is -0.315. The van der Waals surface area contributed by atoms with E-state index in [-0.39, 0.29) is 18.4 Å². The second kappa shape index (κ2) is 5.81. The first-order chi connectivity index (χ1) is 9.15. The van der Waals surface area contributed by atoms with Gasteiger partial charge in [-0.25, -0.2) is 0 Å². The van der Waals surface area contributed by atoms with Crippen LogP contribution in [0.15, 0.2) is 36.5 Å². The van der Waals surface area contributed by atoms with Crippen molar-refractivity contribution in [2.45, 2.75) is 6.92 Å². The van der Waals surface area contributed by atoms with Crippen LogP contribution >= 0.6 is 0 Å². The third-order valence-electron chi connectivity index (χ3n) is 2.46. The molecule has 2 aromatic rings. The van der Waals surface area contributed by atoms with E-state index in [1.807, 2.05) is 13.0 Å². The number of nitrogens with one attached hydrogen (secondary N) is 3. The van der Waals surface area contributed by atoms with E-state index < -0.39 is 0 Å². The molecule has 6 nitrogen and oxygen atoms in total. The molecule has 0 fully saturated rings. The summed E-state index contributed by atoms with van der Waals surface area (Å²) in [5, 5.41) is 11.4. The highest BCUT2D eigenvalue weighted by Gasteiger charge is 2.08. The fourth-order valence-electron chi connectivity index (χ4n) is 1.57. The van der Waals surface area contributed by atoms with Crippen molar-refractivity contribution < 1.29 is 9.59 Å². The van der Waals surface area contributed by atoms with Gasteiger partial charge in [-0.1, -0.05) is 17.7 Å². The monoisotopic (exact) mass is 258 g/mol. The molecule has 0 aliphatic carbocycles. The molecule has 6 heteroatoms. The van der Waals surface area contributed by atoms with Gasteiger partial charge >= 0.3 is 0 Å². The predicted octanol–water partition coefficient (Wildman–Crippen LogP) is 1.09. The molecule has 3 N–H and O–H groups in total. The van der Waals surface area contributed by atoms with Crippen LogP contribution in [-0.2, 0) is 4.79 Å². The maximum atomic E-state index is 11.8. The van der Waals surface area contributed by atoms with Crippen LogP contribution in [0.3, 0.4) is 0 Å². The number of nitrogens with zero attached hydrogens (tertiary/aromatic N) is 1. The van der Waals surface area contributed by atoms with Gasteiger partial charge < -0.3 is 10.6 Å². The number of carbonyl (C=O) groups is 2. The first kappa shape index (κ1) is 12.8. The van der Waals surface area contributed by atoms with Gasteiger partial charge in [0.15, 0.2) is 0 Å². The summed E-state index contributed by atoms with van der Waals surface area (Å²) >= 11 is 0. The van der Waals surface area contributed by atoms with Crippen LogP contribution in [0.25, 0.3) is 0 Å². The van der Waals surface area contributed by atoms with Crippen LogP contribution in [-0.4, -0.2) is 28.6 Å². The fraction of sp³-hybridized carbons (Fsp3) is 0.154. The number of anilines is 1. The topological polar surface area (TPSA) is 86.9 Å². The molecule has 0 atom stereocenters. The van der Waals surface area contributed by atoms with Crippen molar-refractivity contribution in [1.29, 1.82) is 0 Å². The largest absolute Gasteiger partial charge is 0.343 e. The van der Waals surface area contributed by atoms with Gasteiger partial charge in [-0.05, 0) is 19.1 Å². The summed E-state index contributed by atoms with van der Waals surface area (Å²) in [6.07, 6.45) is 1.53. The molecule has 0 spiro atoms. The number of hydrogen-bond acceptors (Lipinski definition) is 3. The Kier molecular flexibility index (Phi) is 3.92. The highest BCUT2D eigenvalue weighted by Crippen LogP contribution is 2.03. The van der Waals surface area contributed by atoms with Gasteiger partial charge in [-0.15, -0.1) is 0 Å². The molecular formula is C13H14N4O2. The van der Waals surface area contributed by atoms with Gasteiger partial charge in [-0.3, -0.25) is 14.7 Å². The number of hydrogen-bond donors (Lipinski definition) is 3. The van der Waals surface area contributed by atoms with Crippen molar-refractivity contribution in [3.63, 3.8) is 0 Å². The summed E-state index contributed by atoms with van der Waals surface area (Å²) in [5.41, 5.74) is 1.53. The van der Waals surface area contributed by atoms with Crippen LogP contribution in [0.4, 0.5) is 5.82 Å². The van der Waals surface area contributed by atoms with E-state index in [9.17, 15) is 9.59 Å². The lowest BCUT2D eigenvalue weighted by molar-refractivity contribution is -0.115. The van der Waals surface area contributed by atoms with E-state index >= 15 is 0 Å². The van der Waals surface area contributed by atoms with Crippen molar-refractivity contribution in [2.24, 2.45) is 0 Å². The Morgan fingerprint density at radius 1 is 1.32 bits per heavy atom. The zero-order chi connectivity index (χ0) is 13.7. The Morgan fingerprint density at radius 3 is 2.84 bits per heavy atom. The van der Waals surface area contributed by atoms with Crippen molar-refractivity contribution in [3.8, 4) is 0 Å². The molecule has 0 bridgehead atoms. The number of rotatable bonds is 4. The van der Waals surface area contributed by atoms with Crippen molar-refractivity contribution in [2.75, 3.05) is 11.9 Å². The normalized spacial score (nSPS) is 9.95. The van der Waals surface area contributed by atoms with E-state index in [1.54, 1.807) is 24.3 Å². The molecule has 2 amide bonds. The molecule has 0 radical (unpaired) electrons. The lowest BCUT2D eigenvalue weighted by Gasteiger charge is -2.06. The van der Waals surface area contributed by atoms with Gasteiger partial charge in [0.05, 0.1) is 12.7 Å². The van der Waals surface area contributed by atoms with Crippen molar-refractivity contribution in [3.05, 3.63) is 47.7 Å². The van der Waals surface area contributed by atoms with Gasteiger partial charge in [-0.2, -0.15) is 5.10 Å². The van der Waals surface area contributed by atoms with Crippen molar-refractivity contribution in [1.82, 2.24) is 15.5 Å². The molecule has 0 saturated heterocycles. The lowest BCUT2D eigenvalue weighted by Crippen LogP contribution is -2.32. The van der Waals surface area contributed by atoms with Gasteiger partial charge in [0, 0.05) is 11.6 Å². The number of benzene rings is 1. The van der Waals surface area contributed by atoms with E-state index in [2.05, 4.69) is 20.8 Å². The van der Waals surface area contributed by atoms with E-state index in [1.165, 1.54) is 6.20 Å². The van der Waals surface area contributed by atoms with E-state index in [0.29, 0.717) is 11.4 Å². The highest BCUT2D eigenvalue weighted by molar-refractivity contribution is 5.99. The molecule has 98 valence electrons. The Balaban J connectivity index is 1.85. The Hall–Kier alpha value is -2.63. The quantitative estimate of drug-likeness (QED) is 0.767. The molecule has 0 aliphatic heterocycles. The summed E-state index contributed by atoms with van der Waals surface area (Å²) in [6.45, 7) is 1.81. The molecule has 1 aromatic carbocycles. The lowest BCUT2D eigenvalue weighted by atomic mass is 10.1. The zero-order valence-corrected chi connectivity index (χ0v) is 10.4.